The lowest BCUT2D eigenvalue weighted by Crippen LogP contribution is -2.03. The average Bonchev–Trinajstić information content (AvgIpc) is 2.63. The third-order valence-corrected chi connectivity index (χ3v) is 2.34. The van der Waals surface area contributed by atoms with Gasteiger partial charge in [-0.1, -0.05) is 0 Å². The van der Waals surface area contributed by atoms with Crippen LogP contribution < -0.4 is 5.73 Å². The van der Waals surface area contributed by atoms with Gasteiger partial charge in [0.2, 0.25) is 0 Å². The Hall–Kier alpha value is -1.88. The Balaban J connectivity index is 2.37. The summed E-state index contributed by atoms with van der Waals surface area (Å²) in [6.45, 7) is 0.0271. The minimum atomic E-state index is -0.301. The van der Waals surface area contributed by atoms with E-state index in [4.69, 9.17) is 10.8 Å². The maximum Gasteiger partial charge on any atom is 0.130 e. The highest BCUT2D eigenvalue weighted by atomic mass is 19.1. The van der Waals surface area contributed by atoms with Crippen LogP contribution in [0.25, 0.3) is 5.69 Å². The molecule has 2 aromatic rings. The first-order chi connectivity index (χ1) is 7.72. The molecule has 0 saturated heterocycles. The normalized spacial score (nSPS) is 10.6. The van der Waals surface area contributed by atoms with Crippen molar-refractivity contribution in [3.63, 3.8) is 0 Å². The van der Waals surface area contributed by atoms with Crippen molar-refractivity contribution in [3.05, 3.63) is 41.8 Å². The summed E-state index contributed by atoms with van der Waals surface area (Å²) < 4.78 is 14.3. The Bertz CT molecular complexity index is 478. The fourth-order valence-corrected chi connectivity index (χ4v) is 1.49. The van der Waals surface area contributed by atoms with E-state index in [0.717, 1.165) is 5.56 Å². The molecule has 0 fully saturated rings. The third kappa shape index (κ3) is 1.90. The number of rotatable bonds is 3. The van der Waals surface area contributed by atoms with Gasteiger partial charge in [-0.3, -0.25) is 0 Å². The summed E-state index contributed by atoms with van der Waals surface area (Å²) in [5.41, 5.74) is 7.34. The van der Waals surface area contributed by atoms with E-state index in [1.54, 1.807) is 18.3 Å². The lowest BCUT2D eigenvalue weighted by atomic mass is 10.2. The Labute approximate surface area is 92.1 Å². The standard InChI is InChI=1S/C11H12FN3O/c12-9-1-3-10(4-2-9)15-11(13)8(5-6-16)7-14-15/h1-4,7,16H,5-6,13H2. The topological polar surface area (TPSA) is 64.1 Å². The van der Waals surface area contributed by atoms with Crippen LogP contribution in [0.1, 0.15) is 5.56 Å². The van der Waals surface area contributed by atoms with Crippen molar-refractivity contribution in [2.75, 3.05) is 12.3 Å². The van der Waals surface area contributed by atoms with E-state index in [1.165, 1.54) is 16.8 Å². The fourth-order valence-electron chi connectivity index (χ4n) is 1.49. The summed E-state index contributed by atoms with van der Waals surface area (Å²) in [4.78, 5) is 0. The van der Waals surface area contributed by atoms with E-state index in [9.17, 15) is 4.39 Å². The van der Waals surface area contributed by atoms with Gasteiger partial charge in [0.25, 0.3) is 0 Å². The summed E-state index contributed by atoms with van der Waals surface area (Å²) in [6.07, 6.45) is 2.07. The molecule has 2 rings (SSSR count). The molecule has 0 bridgehead atoms. The van der Waals surface area contributed by atoms with Crippen LogP contribution in [0.5, 0.6) is 0 Å². The van der Waals surface area contributed by atoms with Gasteiger partial charge in [-0.15, -0.1) is 0 Å². The maximum absolute atomic E-state index is 12.7. The number of hydrogen-bond acceptors (Lipinski definition) is 3. The second-order valence-corrected chi connectivity index (χ2v) is 3.42. The first kappa shape index (κ1) is 10.6. The number of aliphatic hydroxyl groups is 1. The molecule has 4 nitrogen and oxygen atoms in total. The Morgan fingerprint density at radius 3 is 2.62 bits per heavy atom. The SMILES string of the molecule is Nc1c(CCO)cnn1-c1ccc(F)cc1. The number of aliphatic hydroxyl groups excluding tert-OH is 1. The molecule has 0 unspecified atom stereocenters. The van der Waals surface area contributed by atoms with Gasteiger partial charge in [0, 0.05) is 18.6 Å². The molecule has 16 heavy (non-hydrogen) atoms. The smallest absolute Gasteiger partial charge is 0.130 e. The zero-order valence-corrected chi connectivity index (χ0v) is 8.60. The number of halogens is 1. The van der Waals surface area contributed by atoms with Crippen molar-refractivity contribution in [3.8, 4) is 5.69 Å². The molecule has 0 aliphatic carbocycles. The second-order valence-electron chi connectivity index (χ2n) is 3.42. The van der Waals surface area contributed by atoms with Gasteiger partial charge in [-0.25, -0.2) is 9.07 Å². The Kier molecular flexibility index (Phi) is 2.87. The number of hydrogen-bond donors (Lipinski definition) is 2. The predicted molar refractivity (Wildman–Crippen MR) is 58.7 cm³/mol. The van der Waals surface area contributed by atoms with E-state index in [2.05, 4.69) is 5.10 Å². The predicted octanol–water partition coefficient (Wildman–Crippen LogP) is 1.13. The zero-order valence-electron chi connectivity index (χ0n) is 8.60. The number of nitrogens with two attached hydrogens (primary N) is 1. The molecular weight excluding hydrogens is 209 g/mol. The molecule has 0 aliphatic rings. The van der Waals surface area contributed by atoms with Crippen molar-refractivity contribution in [1.82, 2.24) is 9.78 Å². The molecule has 0 spiro atoms. The van der Waals surface area contributed by atoms with E-state index in [1.807, 2.05) is 0 Å². The van der Waals surface area contributed by atoms with E-state index >= 15 is 0 Å². The quantitative estimate of drug-likeness (QED) is 0.816. The molecule has 5 heteroatoms. The lowest BCUT2D eigenvalue weighted by Gasteiger charge is -2.04. The summed E-state index contributed by atoms with van der Waals surface area (Å²) in [5, 5.41) is 12.9. The molecule has 1 aromatic carbocycles. The molecule has 84 valence electrons. The van der Waals surface area contributed by atoms with Gasteiger partial charge in [-0.05, 0) is 24.3 Å². The summed E-state index contributed by atoms with van der Waals surface area (Å²) in [5.74, 6) is 0.172. The van der Waals surface area contributed by atoms with Crippen LogP contribution in [0.15, 0.2) is 30.5 Å². The van der Waals surface area contributed by atoms with Crippen molar-refractivity contribution in [2.45, 2.75) is 6.42 Å². The van der Waals surface area contributed by atoms with Gasteiger partial charge in [-0.2, -0.15) is 5.10 Å². The number of nitrogen functional groups attached to an aromatic ring is 1. The van der Waals surface area contributed by atoms with E-state index in [0.29, 0.717) is 17.9 Å². The lowest BCUT2D eigenvalue weighted by molar-refractivity contribution is 0.300. The molecule has 0 aliphatic heterocycles. The highest BCUT2D eigenvalue weighted by Gasteiger charge is 2.08. The van der Waals surface area contributed by atoms with Crippen LogP contribution in [-0.2, 0) is 6.42 Å². The second kappa shape index (κ2) is 4.32. The number of anilines is 1. The Morgan fingerprint density at radius 2 is 2.00 bits per heavy atom. The van der Waals surface area contributed by atoms with Crippen molar-refractivity contribution >= 4 is 5.82 Å². The molecule has 0 saturated carbocycles. The molecule has 1 heterocycles. The van der Waals surface area contributed by atoms with Gasteiger partial charge < -0.3 is 10.8 Å². The highest BCUT2D eigenvalue weighted by Crippen LogP contribution is 2.17. The molecule has 1 aromatic heterocycles. The number of benzene rings is 1. The van der Waals surface area contributed by atoms with Crippen LogP contribution in [0.3, 0.4) is 0 Å². The van der Waals surface area contributed by atoms with Crippen LogP contribution in [0.2, 0.25) is 0 Å². The molecule has 3 N–H and O–H groups in total. The van der Waals surface area contributed by atoms with Crippen LogP contribution >= 0.6 is 0 Å². The number of nitrogens with zero attached hydrogens (tertiary/aromatic N) is 2. The molecular formula is C11H12FN3O. The summed E-state index contributed by atoms with van der Waals surface area (Å²) in [7, 11) is 0. The van der Waals surface area contributed by atoms with Gasteiger partial charge in [0.05, 0.1) is 11.9 Å². The minimum absolute atomic E-state index is 0.0271. The first-order valence-electron chi connectivity index (χ1n) is 4.91. The molecule has 0 amide bonds. The first-order valence-corrected chi connectivity index (χ1v) is 4.91. The van der Waals surface area contributed by atoms with Crippen LogP contribution in [0.4, 0.5) is 10.2 Å². The van der Waals surface area contributed by atoms with Crippen LogP contribution in [-0.4, -0.2) is 21.5 Å². The van der Waals surface area contributed by atoms with Gasteiger partial charge in [0.15, 0.2) is 0 Å². The maximum atomic E-state index is 12.7. The summed E-state index contributed by atoms with van der Waals surface area (Å²) in [6, 6.07) is 5.90. The van der Waals surface area contributed by atoms with E-state index in [-0.39, 0.29) is 12.4 Å². The monoisotopic (exact) mass is 221 g/mol. The number of aromatic nitrogens is 2. The van der Waals surface area contributed by atoms with Gasteiger partial charge >= 0.3 is 0 Å². The largest absolute Gasteiger partial charge is 0.396 e. The van der Waals surface area contributed by atoms with Gasteiger partial charge in [0.1, 0.15) is 11.6 Å². The highest BCUT2D eigenvalue weighted by molar-refractivity contribution is 5.46. The van der Waals surface area contributed by atoms with Crippen molar-refractivity contribution in [2.24, 2.45) is 0 Å². The van der Waals surface area contributed by atoms with Crippen molar-refractivity contribution < 1.29 is 9.50 Å². The minimum Gasteiger partial charge on any atom is -0.396 e. The average molecular weight is 221 g/mol. The zero-order chi connectivity index (χ0) is 11.5. The van der Waals surface area contributed by atoms with E-state index < -0.39 is 0 Å². The molecule has 0 radical (unpaired) electrons. The third-order valence-electron chi connectivity index (χ3n) is 2.34. The molecule has 0 atom stereocenters. The van der Waals surface area contributed by atoms with Crippen LogP contribution in [0, 0.1) is 5.82 Å². The summed E-state index contributed by atoms with van der Waals surface area (Å²) >= 11 is 0. The fraction of sp³-hybridized carbons (Fsp3) is 0.182. The van der Waals surface area contributed by atoms with Crippen molar-refractivity contribution in [1.29, 1.82) is 0 Å². The Morgan fingerprint density at radius 1 is 1.31 bits per heavy atom.